The summed E-state index contributed by atoms with van der Waals surface area (Å²) in [5.41, 5.74) is 3.25. The summed E-state index contributed by atoms with van der Waals surface area (Å²) in [4.78, 5) is 27.0. The number of ether oxygens (including phenoxy) is 1. The molecular weight excluding hydrogens is 464 g/mol. The first kappa shape index (κ1) is 25.9. The first-order chi connectivity index (χ1) is 16.9. The molecule has 0 aliphatic rings. The molecule has 0 spiro atoms. The van der Waals surface area contributed by atoms with Crippen LogP contribution in [0.5, 0.6) is 5.75 Å². The van der Waals surface area contributed by atoms with E-state index < -0.39 is 0 Å². The van der Waals surface area contributed by atoms with Gasteiger partial charge in [0.05, 0.1) is 7.11 Å². The molecule has 0 saturated carbocycles. The Bertz CT molecular complexity index is 1120. The molecule has 0 fully saturated rings. The highest BCUT2D eigenvalue weighted by Crippen LogP contribution is 2.22. The number of carbonyl (C=O) groups is 2. The van der Waals surface area contributed by atoms with E-state index in [1.807, 2.05) is 36.4 Å². The fraction of sp³-hybridized carbons (Fsp3) is 0.259. The number of urea groups is 2. The summed E-state index contributed by atoms with van der Waals surface area (Å²) < 4.78 is 5.22. The number of hydrogen-bond donors (Lipinski definition) is 3. The Hall–Kier alpha value is -3.71. The molecule has 3 aromatic carbocycles. The van der Waals surface area contributed by atoms with Gasteiger partial charge >= 0.3 is 12.1 Å². The van der Waals surface area contributed by atoms with Crippen LogP contribution in [0.4, 0.5) is 26.7 Å². The summed E-state index contributed by atoms with van der Waals surface area (Å²) in [5.74, 6) is 1.13. The minimum absolute atomic E-state index is 0.290. The van der Waals surface area contributed by atoms with Crippen molar-refractivity contribution < 1.29 is 14.3 Å². The molecule has 8 heteroatoms. The van der Waals surface area contributed by atoms with Crippen LogP contribution in [-0.4, -0.2) is 32.3 Å². The molecule has 0 aromatic heterocycles. The molecule has 0 saturated heterocycles. The Kier molecular flexibility index (Phi) is 9.38. The lowest BCUT2D eigenvalue weighted by molar-refractivity contribution is 0.252. The van der Waals surface area contributed by atoms with E-state index in [4.69, 9.17) is 16.3 Å². The van der Waals surface area contributed by atoms with Gasteiger partial charge in [-0.05, 0) is 72.5 Å². The lowest BCUT2D eigenvalue weighted by Gasteiger charge is -2.24. The SMILES string of the molecule is COc1ccc(N(CCCNC(=O)Nc2ccc(C(C)C)cc2)C(=O)Nc2cccc(Cl)c2)cc1. The van der Waals surface area contributed by atoms with Crippen LogP contribution in [0.15, 0.2) is 72.8 Å². The summed E-state index contributed by atoms with van der Waals surface area (Å²) in [6.07, 6.45) is 0.550. The highest BCUT2D eigenvalue weighted by atomic mass is 35.5. The molecular formula is C27H31ClN4O3. The van der Waals surface area contributed by atoms with E-state index in [1.165, 1.54) is 5.56 Å². The third-order valence-electron chi connectivity index (χ3n) is 5.38. The molecule has 0 bridgehead atoms. The minimum Gasteiger partial charge on any atom is -0.497 e. The molecule has 0 heterocycles. The van der Waals surface area contributed by atoms with Gasteiger partial charge in [0.25, 0.3) is 0 Å². The lowest BCUT2D eigenvalue weighted by atomic mass is 10.0. The van der Waals surface area contributed by atoms with E-state index in [2.05, 4.69) is 29.8 Å². The van der Waals surface area contributed by atoms with E-state index in [0.717, 1.165) is 5.69 Å². The predicted octanol–water partition coefficient (Wildman–Crippen LogP) is 6.72. The van der Waals surface area contributed by atoms with Crippen LogP contribution in [0.3, 0.4) is 0 Å². The predicted molar refractivity (Wildman–Crippen MR) is 143 cm³/mol. The second-order valence-corrected chi connectivity index (χ2v) is 8.74. The van der Waals surface area contributed by atoms with Crippen LogP contribution in [0.2, 0.25) is 5.02 Å². The van der Waals surface area contributed by atoms with Gasteiger partial charge in [0.15, 0.2) is 0 Å². The summed E-state index contributed by atoms with van der Waals surface area (Å²) >= 11 is 6.04. The molecule has 0 aliphatic carbocycles. The number of carbonyl (C=O) groups excluding carboxylic acids is 2. The van der Waals surface area contributed by atoms with Gasteiger partial charge < -0.3 is 20.7 Å². The molecule has 3 N–H and O–H groups in total. The molecule has 0 aliphatic heterocycles. The van der Waals surface area contributed by atoms with Crippen molar-refractivity contribution in [2.45, 2.75) is 26.2 Å². The van der Waals surface area contributed by atoms with Crippen molar-refractivity contribution in [3.63, 3.8) is 0 Å². The monoisotopic (exact) mass is 494 g/mol. The minimum atomic E-state index is -0.299. The zero-order valence-corrected chi connectivity index (χ0v) is 20.9. The van der Waals surface area contributed by atoms with Gasteiger partial charge in [-0.25, -0.2) is 9.59 Å². The van der Waals surface area contributed by atoms with Crippen molar-refractivity contribution >= 4 is 40.7 Å². The van der Waals surface area contributed by atoms with Gasteiger partial charge in [-0.2, -0.15) is 0 Å². The number of benzene rings is 3. The largest absolute Gasteiger partial charge is 0.497 e. The Labute approximate surface area is 211 Å². The number of methoxy groups -OCH3 is 1. The highest BCUT2D eigenvalue weighted by molar-refractivity contribution is 6.30. The van der Waals surface area contributed by atoms with Crippen LogP contribution >= 0.6 is 11.6 Å². The smallest absolute Gasteiger partial charge is 0.326 e. The number of nitrogens with zero attached hydrogens (tertiary/aromatic N) is 1. The van der Waals surface area contributed by atoms with Gasteiger partial charge in [-0.15, -0.1) is 0 Å². The second kappa shape index (κ2) is 12.7. The first-order valence-electron chi connectivity index (χ1n) is 11.5. The maximum Gasteiger partial charge on any atom is 0.326 e. The third-order valence-corrected chi connectivity index (χ3v) is 5.62. The second-order valence-electron chi connectivity index (χ2n) is 8.30. The lowest BCUT2D eigenvalue weighted by Crippen LogP contribution is -2.38. The zero-order valence-electron chi connectivity index (χ0n) is 20.2. The average molecular weight is 495 g/mol. The van der Waals surface area contributed by atoms with Gasteiger partial charge in [0, 0.05) is 35.2 Å². The van der Waals surface area contributed by atoms with Crippen LogP contribution in [0, 0.1) is 0 Å². The van der Waals surface area contributed by atoms with Crippen LogP contribution in [-0.2, 0) is 0 Å². The molecule has 7 nitrogen and oxygen atoms in total. The Morgan fingerprint density at radius 3 is 2.29 bits per heavy atom. The Morgan fingerprint density at radius 2 is 1.66 bits per heavy atom. The molecule has 35 heavy (non-hydrogen) atoms. The molecule has 0 unspecified atom stereocenters. The van der Waals surface area contributed by atoms with E-state index in [-0.39, 0.29) is 12.1 Å². The van der Waals surface area contributed by atoms with Crippen molar-refractivity contribution in [3.8, 4) is 5.75 Å². The molecule has 3 aromatic rings. The Morgan fingerprint density at radius 1 is 0.943 bits per heavy atom. The third kappa shape index (κ3) is 7.93. The maximum absolute atomic E-state index is 13.1. The van der Waals surface area contributed by atoms with E-state index in [1.54, 1.807) is 48.4 Å². The highest BCUT2D eigenvalue weighted by Gasteiger charge is 2.16. The molecule has 4 amide bonds. The number of nitrogens with one attached hydrogen (secondary N) is 3. The van der Waals surface area contributed by atoms with E-state index >= 15 is 0 Å². The number of rotatable bonds is 9. The van der Waals surface area contributed by atoms with E-state index in [9.17, 15) is 9.59 Å². The molecule has 0 atom stereocenters. The van der Waals surface area contributed by atoms with Crippen molar-refractivity contribution in [1.29, 1.82) is 0 Å². The normalized spacial score (nSPS) is 10.5. The van der Waals surface area contributed by atoms with Gasteiger partial charge in [0.2, 0.25) is 0 Å². The zero-order chi connectivity index (χ0) is 25.2. The number of anilines is 3. The fourth-order valence-electron chi connectivity index (χ4n) is 3.43. The van der Waals surface area contributed by atoms with Gasteiger partial charge in [-0.1, -0.05) is 43.6 Å². The number of hydrogen-bond acceptors (Lipinski definition) is 3. The summed E-state index contributed by atoms with van der Waals surface area (Å²) in [7, 11) is 1.59. The van der Waals surface area contributed by atoms with Crippen molar-refractivity contribution in [1.82, 2.24) is 5.32 Å². The average Bonchev–Trinajstić information content (AvgIpc) is 2.84. The quantitative estimate of drug-likeness (QED) is 0.289. The summed E-state index contributed by atoms with van der Waals surface area (Å²) in [6, 6.07) is 21.4. The van der Waals surface area contributed by atoms with Crippen molar-refractivity contribution in [3.05, 3.63) is 83.4 Å². The topological polar surface area (TPSA) is 82.7 Å². The van der Waals surface area contributed by atoms with Crippen molar-refractivity contribution in [2.75, 3.05) is 35.7 Å². The Balaban J connectivity index is 1.57. The maximum atomic E-state index is 13.1. The standard InChI is InChI=1S/C27H31ClN4O3/c1-19(2)20-8-10-22(11-9-20)30-26(33)29-16-5-17-32(24-12-14-25(35-3)15-13-24)27(34)31-23-7-4-6-21(28)18-23/h4,6-15,18-19H,5,16-17H2,1-3H3,(H,31,34)(H2,29,30,33). The van der Waals surface area contributed by atoms with Crippen LogP contribution in [0.25, 0.3) is 0 Å². The van der Waals surface area contributed by atoms with Crippen LogP contribution < -0.4 is 25.6 Å². The van der Waals surface area contributed by atoms with Crippen molar-refractivity contribution in [2.24, 2.45) is 0 Å². The first-order valence-corrected chi connectivity index (χ1v) is 11.9. The molecule has 184 valence electrons. The summed E-state index contributed by atoms with van der Waals surface area (Å²) in [6.45, 7) is 5.04. The number of halogens is 1. The summed E-state index contributed by atoms with van der Waals surface area (Å²) in [5, 5.41) is 9.09. The van der Waals surface area contributed by atoms with Crippen LogP contribution in [0.1, 0.15) is 31.7 Å². The molecule has 0 radical (unpaired) electrons. The molecule has 3 rings (SSSR count). The van der Waals surface area contributed by atoms with Gasteiger partial charge in [-0.3, -0.25) is 4.90 Å². The fourth-order valence-corrected chi connectivity index (χ4v) is 3.62. The van der Waals surface area contributed by atoms with E-state index in [0.29, 0.717) is 47.6 Å². The van der Waals surface area contributed by atoms with Gasteiger partial charge in [0.1, 0.15) is 5.75 Å². The number of amides is 4.